The van der Waals surface area contributed by atoms with Crippen molar-refractivity contribution in [2.45, 2.75) is 32.9 Å². The molecule has 4 rings (SSSR count). The van der Waals surface area contributed by atoms with Gasteiger partial charge in [0.2, 0.25) is 10.0 Å². The van der Waals surface area contributed by atoms with Crippen LogP contribution in [0.25, 0.3) is 11.0 Å². The van der Waals surface area contributed by atoms with Gasteiger partial charge in [0.1, 0.15) is 0 Å². The van der Waals surface area contributed by atoms with Crippen molar-refractivity contribution in [3.05, 3.63) is 106 Å². The molecule has 0 saturated carbocycles. The van der Waals surface area contributed by atoms with E-state index in [0.29, 0.717) is 13.0 Å². The quantitative estimate of drug-likeness (QED) is 0.432. The minimum absolute atomic E-state index is 0.130. The second-order valence-corrected chi connectivity index (χ2v) is 10.5. The minimum Gasteiger partial charge on any atom is -0.287 e. The van der Waals surface area contributed by atoms with E-state index in [1.54, 1.807) is 9.13 Å². The van der Waals surface area contributed by atoms with E-state index in [4.69, 9.17) is 0 Å². The van der Waals surface area contributed by atoms with Gasteiger partial charge in [0.25, 0.3) is 0 Å². The summed E-state index contributed by atoms with van der Waals surface area (Å²) in [6.45, 7) is 4.64. The van der Waals surface area contributed by atoms with Crippen LogP contribution in [-0.4, -0.2) is 30.4 Å². The number of rotatable bonds is 8. The van der Waals surface area contributed by atoms with Crippen LogP contribution in [0.1, 0.15) is 28.3 Å². The zero-order chi connectivity index (χ0) is 23.6. The Kier molecular flexibility index (Phi) is 6.54. The van der Waals surface area contributed by atoms with E-state index < -0.39 is 10.0 Å². The molecule has 1 heterocycles. The third-order valence-electron chi connectivity index (χ3n) is 5.87. The lowest BCUT2D eigenvalue weighted by atomic mass is 10.0. The summed E-state index contributed by atoms with van der Waals surface area (Å²) < 4.78 is 29.9. The predicted octanol–water partition coefficient (Wildman–Crippen LogP) is 3.80. The van der Waals surface area contributed by atoms with Crippen LogP contribution in [0, 0.1) is 13.8 Å². The first-order chi connectivity index (χ1) is 15.7. The highest BCUT2D eigenvalue weighted by Gasteiger charge is 2.22. The van der Waals surface area contributed by atoms with Gasteiger partial charge in [-0.25, -0.2) is 17.9 Å². The van der Waals surface area contributed by atoms with E-state index in [1.807, 2.05) is 86.6 Å². The number of hydrogen-bond acceptors (Lipinski definition) is 3. The number of sulfonamides is 1. The lowest BCUT2D eigenvalue weighted by Gasteiger charge is -2.19. The molecule has 0 aliphatic heterocycles. The molecular formula is C26H29N3O3S. The summed E-state index contributed by atoms with van der Waals surface area (Å²) in [6.07, 6.45) is 1.67. The van der Waals surface area contributed by atoms with Crippen molar-refractivity contribution >= 4 is 21.1 Å². The lowest BCUT2D eigenvalue weighted by molar-refractivity contribution is 0.476. The second kappa shape index (κ2) is 9.37. The van der Waals surface area contributed by atoms with Crippen molar-refractivity contribution < 1.29 is 8.42 Å². The molecular weight excluding hydrogens is 434 g/mol. The number of hydrogen-bond donors (Lipinski definition) is 1. The Hall–Kier alpha value is -3.16. The number of nitrogens with one attached hydrogen (secondary N) is 1. The first kappa shape index (κ1) is 23.0. The molecule has 6 nitrogen and oxygen atoms in total. The molecule has 0 fully saturated rings. The van der Waals surface area contributed by atoms with Gasteiger partial charge in [-0.05, 0) is 43.5 Å². The normalized spacial score (nSPS) is 12.8. The zero-order valence-corrected chi connectivity index (χ0v) is 20.0. The highest BCUT2D eigenvalue weighted by molar-refractivity contribution is 7.88. The largest absolute Gasteiger partial charge is 0.329 e. The van der Waals surface area contributed by atoms with E-state index in [-0.39, 0.29) is 18.3 Å². The maximum atomic E-state index is 13.7. The molecule has 0 amide bonds. The summed E-state index contributed by atoms with van der Waals surface area (Å²) in [5.74, 6) is 0. The number of fused-ring (bicyclic) bond motifs is 1. The summed E-state index contributed by atoms with van der Waals surface area (Å²) in [7, 11) is -3.41. The Bertz CT molecular complexity index is 1420. The van der Waals surface area contributed by atoms with Crippen LogP contribution >= 0.6 is 0 Å². The Morgan fingerprint density at radius 2 is 1.36 bits per heavy atom. The van der Waals surface area contributed by atoms with Gasteiger partial charge in [0.15, 0.2) is 0 Å². The highest BCUT2D eigenvalue weighted by atomic mass is 32.2. The van der Waals surface area contributed by atoms with Crippen molar-refractivity contribution in [1.29, 1.82) is 0 Å². The molecule has 33 heavy (non-hydrogen) atoms. The average Bonchev–Trinajstić information content (AvgIpc) is 3.05. The smallest absolute Gasteiger partial charge is 0.287 e. The summed E-state index contributed by atoms with van der Waals surface area (Å²) in [4.78, 5) is 13.7. The van der Waals surface area contributed by atoms with E-state index in [9.17, 15) is 13.2 Å². The Labute approximate surface area is 194 Å². The Morgan fingerprint density at radius 3 is 1.94 bits per heavy atom. The van der Waals surface area contributed by atoms with E-state index >= 15 is 0 Å². The van der Waals surface area contributed by atoms with Crippen LogP contribution in [0.3, 0.4) is 0 Å². The monoisotopic (exact) mass is 463 g/mol. The number of benzene rings is 3. The standard InChI is InChI=1S/C26H29N3O3S/c1-19-8-12-21(13-9-19)16-23(17-27-33(3,31)32)29-25-7-5-4-6-24(25)28(26(29)30)18-22-14-10-20(2)11-15-22/h4-15,23,27H,16-18H2,1-3H3. The van der Waals surface area contributed by atoms with Crippen LogP contribution in [0.2, 0.25) is 0 Å². The summed E-state index contributed by atoms with van der Waals surface area (Å²) in [6, 6.07) is 23.6. The van der Waals surface area contributed by atoms with Gasteiger partial charge < -0.3 is 0 Å². The number of para-hydroxylation sites is 2. The molecule has 1 unspecified atom stereocenters. The third kappa shape index (κ3) is 5.43. The molecule has 3 aromatic carbocycles. The van der Waals surface area contributed by atoms with Crippen molar-refractivity contribution in [2.24, 2.45) is 0 Å². The molecule has 0 aliphatic carbocycles. The number of aryl methyl sites for hydroxylation is 2. The molecule has 1 atom stereocenters. The SMILES string of the molecule is Cc1ccc(CC(CNS(C)(=O)=O)n2c(=O)n(Cc3ccc(C)cc3)c3ccccc32)cc1. The molecule has 0 bridgehead atoms. The fourth-order valence-electron chi connectivity index (χ4n) is 4.11. The number of aromatic nitrogens is 2. The summed E-state index contributed by atoms with van der Waals surface area (Å²) >= 11 is 0. The topological polar surface area (TPSA) is 73.1 Å². The molecule has 1 aromatic heterocycles. The average molecular weight is 464 g/mol. The Balaban J connectivity index is 1.80. The van der Waals surface area contributed by atoms with Gasteiger partial charge in [-0.2, -0.15) is 0 Å². The summed E-state index contributed by atoms with van der Waals surface area (Å²) in [5.41, 5.74) is 5.87. The van der Waals surface area contributed by atoms with Gasteiger partial charge in [-0.3, -0.25) is 9.13 Å². The maximum absolute atomic E-state index is 13.7. The van der Waals surface area contributed by atoms with Crippen molar-refractivity contribution in [3.63, 3.8) is 0 Å². The minimum atomic E-state index is -3.41. The fraction of sp³-hybridized carbons (Fsp3) is 0.269. The number of nitrogens with zero attached hydrogens (tertiary/aromatic N) is 2. The molecule has 0 spiro atoms. The predicted molar refractivity (Wildman–Crippen MR) is 133 cm³/mol. The molecule has 0 saturated heterocycles. The van der Waals surface area contributed by atoms with Gasteiger partial charge in [-0.1, -0.05) is 71.8 Å². The van der Waals surface area contributed by atoms with Gasteiger partial charge in [0.05, 0.1) is 29.9 Å². The molecule has 4 aromatic rings. The van der Waals surface area contributed by atoms with E-state index in [0.717, 1.165) is 34.0 Å². The molecule has 0 aliphatic rings. The second-order valence-electron chi connectivity index (χ2n) is 8.68. The van der Waals surface area contributed by atoms with Gasteiger partial charge in [0, 0.05) is 6.54 Å². The van der Waals surface area contributed by atoms with Crippen LogP contribution in [-0.2, 0) is 23.0 Å². The first-order valence-electron chi connectivity index (χ1n) is 11.0. The maximum Gasteiger partial charge on any atom is 0.329 e. The van der Waals surface area contributed by atoms with E-state index in [2.05, 4.69) is 4.72 Å². The third-order valence-corrected chi connectivity index (χ3v) is 6.56. The molecule has 172 valence electrons. The highest BCUT2D eigenvalue weighted by Crippen LogP contribution is 2.22. The zero-order valence-electron chi connectivity index (χ0n) is 19.2. The molecule has 1 N–H and O–H groups in total. The van der Waals surface area contributed by atoms with Gasteiger partial charge in [-0.15, -0.1) is 0 Å². The van der Waals surface area contributed by atoms with Crippen LogP contribution < -0.4 is 10.4 Å². The van der Waals surface area contributed by atoms with Crippen molar-refractivity contribution in [2.75, 3.05) is 12.8 Å². The molecule has 0 radical (unpaired) electrons. The van der Waals surface area contributed by atoms with Crippen LogP contribution in [0.4, 0.5) is 0 Å². The first-order valence-corrected chi connectivity index (χ1v) is 12.9. The Morgan fingerprint density at radius 1 is 0.818 bits per heavy atom. The lowest BCUT2D eigenvalue weighted by Crippen LogP contribution is -2.36. The van der Waals surface area contributed by atoms with Crippen molar-refractivity contribution in [3.8, 4) is 0 Å². The fourth-order valence-corrected chi connectivity index (χ4v) is 4.61. The molecule has 7 heteroatoms. The number of imidazole rings is 1. The van der Waals surface area contributed by atoms with Crippen molar-refractivity contribution in [1.82, 2.24) is 13.9 Å². The van der Waals surface area contributed by atoms with Crippen LogP contribution in [0.5, 0.6) is 0 Å². The van der Waals surface area contributed by atoms with E-state index in [1.165, 1.54) is 5.56 Å². The summed E-state index contributed by atoms with van der Waals surface area (Å²) in [5, 5.41) is 0. The van der Waals surface area contributed by atoms with Crippen LogP contribution in [0.15, 0.2) is 77.6 Å². The van der Waals surface area contributed by atoms with Gasteiger partial charge >= 0.3 is 5.69 Å².